The van der Waals surface area contributed by atoms with Crippen LogP contribution in [-0.2, 0) is 4.79 Å². The molecule has 1 aromatic rings. The monoisotopic (exact) mass is 292 g/mol. The lowest BCUT2D eigenvalue weighted by molar-refractivity contribution is -0.122. The maximum absolute atomic E-state index is 11.8. The predicted octanol–water partition coefficient (Wildman–Crippen LogP) is 2.52. The first-order chi connectivity index (χ1) is 10.1. The Morgan fingerprint density at radius 1 is 1.19 bits per heavy atom. The van der Waals surface area contributed by atoms with Crippen LogP contribution in [0.1, 0.15) is 57.1 Å². The van der Waals surface area contributed by atoms with Crippen molar-refractivity contribution in [2.45, 2.75) is 57.6 Å². The lowest BCUT2D eigenvalue weighted by Gasteiger charge is -2.18. The second-order valence-corrected chi connectivity index (χ2v) is 5.58. The molecule has 1 amide bonds. The fraction of sp³-hybridized carbons (Fsp3) is 0.588. The number of carbonyl (C=O) groups is 1. The van der Waals surface area contributed by atoms with Crippen molar-refractivity contribution >= 4 is 5.91 Å². The van der Waals surface area contributed by atoms with E-state index in [4.69, 9.17) is 5.73 Å². The number of benzene rings is 1. The summed E-state index contributed by atoms with van der Waals surface area (Å²) in [7, 11) is 0. The Morgan fingerprint density at radius 3 is 2.52 bits per heavy atom. The number of hydrogen-bond donors (Lipinski definition) is 3. The van der Waals surface area contributed by atoms with Crippen molar-refractivity contribution in [2.24, 2.45) is 5.73 Å². The second kappa shape index (κ2) is 10.4. The molecule has 0 fully saturated rings. The van der Waals surface area contributed by atoms with Gasteiger partial charge in [0.2, 0.25) is 5.91 Å². The summed E-state index contributed by atoms with van der Waals surface area (Å²) in [6, 6.07) is 9.50. The average Bonchev–Trinajstić information content (AvgIpc) is 2.47. The summed E-state index contributed by atoms with van der Waals surface area (Å²) in [6.07, 6.45) is 4.61. The van der Waals surface area contributed by atoms with Gasteiger partial charge in [-0.25, -0.2) is 0 Å². The van der Waals surface area contributed by atoms with Crippen LogP contribution in [-0.4, -0.2) is 23.6 Å². The molecule has 4 N–H and O–H groups in total. The van der Waals surface area contributed by atoms with Gasteiger partial charge in [0.25, 0.3) is 0 Å². The highest BCUT2D eigenvalue weighted by Gasteiger charge is 2.13. The molecule has 0 saturated carbocycles. The van der Waals surface area contributed by atoms with Gasteiger partial charge in [-0.3, -0.25) is 4.79 Å². The van der Waals surface area contributed by atoms with E-state index in [1.165, 1.54) is 0 Å². The molecule has 1 aromatic carbocycles. The summed E-state index contributed by atoms with van der Waals surface area (Å²) in [4.78, 5) is 11.8. The van der Waals surface area contributed by atoms with Crippen molar-refractivity contribution in [3.63, 3.8) is 0 Å². The highest BCUT2D eigenvalue weighted by molar-refractivity contribution is 5.76. The molecule has 0 saturated heterocycles. The van der Waals surface area contributed by atoms with E-state index in [9.17, 15) is 9.90 Å². The third-order valence-electron chi connectivity index (χ3n) is 3.53. The van der Waals surface area contributed by atoms with E-state index < -0.39 is 6.10 Å². The van der Waals surface area contributed by atoms with Crippen molar-refractivity contribution in [3.05, 3.63) is 35.9 Å². The zero-order valence-corrected chi connectivity index (χ0v) is 12.9. The van der Waals surface area contributed by atoms with Crippen molar-refractivity contribution in [3.8, 4) is 0 Å². The SMILES string of the molecule is CC(CC(O)c1ccccc1)NC(=O)CCCCCCN. The molecule has 0 aliphatic carbocycles. The number of aliphatic hydroxyl groups excluding tert-OH is 1. The first-order valence-corrected chi connectivity index (χ1v) is 7.86. The fourth-order valence-electron chi connectivity index (χ4n) is 2.34. The predicted molar refractivity (Wildman–Crippen MR) is 85.8 cm³/mol. The molecular formula is C17H28N2O2. The Hall–Kier alpha value is -1.39. The van der Waals surface area contributed by atoms with E-state index in [2.05, 4.69) is 5.32 Å². The topological polar surface area (TPSA) is 75.3 Å². The number of hydrogen-bond acceptors (Lipinski definition) is 3. The molecule has 0 aliphatic heterocycles. The number of unbranched alkanes of at least 4 members (excludes halogenated alkanes) is 3. The van der Waals surface area contributed by atoms with Gasteiger partial charge in [0, 0.05) is 12.5 Å². The normalized spacial score (nSPS) is 13.7. The molecular weight excluding hydrogens is 264 g/mol. The second-order valence-electron chi connectivity index (χ2n) is 5.58. The van der Waals surface area contributed by atoms with Crippen LogP contribution in [0.3, 0.4) is 0 Å². The van der Waals surface area contributed by atoms with Gasteiger partial charge in [0.15, 0.2) is 0 Å². The van der Waals surface area contributed by atoms with Crippen LogP contribution in [0.15, 0.2) is 30.3 Å². The number of carbonyl (C=O) groups excluding carboxylic acids is 1. The number of rotatable bonds is 10. The van der Waals surface area contributed by atoms with Crippen molar-refractivity contribution in [1.82, 2.24) is 5.32 Å². The molecule has 21 heavy (non-hydrogen) atoms. The molecule has 0 aromatic heterocycles. The molecule has 4 heteroatoms. The molecule has 0 bridgehead atoms. The Balaban J connectivity index is 2.20. The van der Waals surface area contributed by atoms with Crippen LogP contribution in [0.2, 0.25) is 0 Å². The highest BCUT2D eigenvalue weighted by atomic mass is 16.3. The molecule has 118 valence electrons. The van der Waals surface area contributed by atoms with Gasteiger partial charge in [0.05, 0.1) is 6.10 Å². The molecule has 0 aliphatic rings. The number of amides is 1. The molecule has 0 radical (unpaired) electrons. The van der Waals surface area contributed by atoms with Gasteiger partial charge < -0.3 is 16.2 Å². The van der Waals surface area contributed by atoms with Crippen LogP contribution in [0.4, 0.5) is 0 Å². The Kier molecular flexibility index (Phi) is 8.71. The summed E-state index contributed by atoms with van der Waals surface area (Å²) in [5, 5.41) is 13.1. The van der Waals surface area contributed by atoms with Gasteiger partial charge in [-0.05, 0) is 38.3 Å². The molecule has 0 heterocycles. The van der Waals surface area contributed by atoms with Crippen LogP contribution in [0.25, 0.3) is 0 Å². The number of nitrogens with two attached hydrogens (primary N) is 1. The van der Waals surface area contributed by atoms with E-state index in [1.54, 1.807) is 0 Å². The smallest absolute Gasteiger partial charge is 0.220 e. The van der Waals surface area contributed by atoms with Crippen LogP contribution in [0.5, 0.6) is 0 Å². The van der Waals surface area contributed by atoms with Crippen molar-refractivity contribution in [1.29, 1.82) is 0 Å². The Labute approximate surface area is 127 Å². The summed E-state index contributed by atoms with van der Waals surface area (Å²) < 4.78 is 0. The van der Waals surface area contributed by atoms with E-state index in [0.29, 0.717) is 12.8 Å². The Bertz CT molecular complexity index is 395. The third-order valence-corrected chi connectivity index (χ3v) is 3.53. The minimum atomic E-state index is -0.536. The minimum absolute atomic E-state index is 0.0308. The van der Waals surface area contributed by atoms with E-state index >= 15 is 0 Å². The number of aliphatic hydroxyl groups is 1. The summed E-state index contributed by atoms with van der Waals surface area (Å²) >= 11 is 0. The van der Waals surface area contributed by atoms with Gasteiger partial charge >= 0.3 is 0 Å². The molecule has 4 nitrogen and oxygen atoms in total. The minimum Gasteiger partial charge on any atom is -0.388 e. The largest absolute Gasteiger partial charge is 0.388 e. The molecule has 0 spiro atoms. The standard InChI is InChI=1S/C17H28N2O2/c1-14(13-16(20)15-9-5-4-6-10-15)19-17(21)11-7-2-3-8-12-18/h4-6,9-10,14,16,20H,2-3,7-8,11-13,18H2,1H3,(H,19,21). The number of nitrogens with one attached hydrogen (secondary N) is 1. The first-order valence-electron chi connectivity index (χ1n) is 7.86. The zero-order chi connectivity index (χ0) is 15.5. The lowest BCUT2D eigenvalue weighted by atomic mass is 10.0. The van der Waals surface area contributed by atoms with Crippen LogP contribution in [0, 0.1) is 0 Å². The van der Waals surface area contributed by atoms with E-state index in [-0.39, 0.29) is 11.9 Å². The van der Waals surface area contributed by atoms with Crippen molar-refractivity contribution in [2.75, 3.05) is 6.54 Å². The molecule has 2 atom stereocenters. The fourth-order valence-corrected chi connectivity index (χ4v) is 2.34. The first kappa shape index (κ1) is 17.7. The highest BCUT2D eigenvalue weighted by Crippen LogP contribution is 2.17. The van der Waals surface area contributed by atoms with Gasteiger partial charge in [-0.15, -0.1) is 0 Å². The summed E-state index contributed by atoms with van der Waals surface area (Å²) in [5.74, 6) is 0.0653. The molecule has 2 unspecified atom stereocenters. The third kappa shape index (κ3) is 7.83. The summed E-state index contributed by atoms with van der Waals surface area (Å²) in [6.45, 7) is 2.65. The van der Waals surface area contributed by atoms with Crippen LogP contribution >= 0.6 is 0 Å². The quantitative estimate of drug-likeness (QED) is 0.580. The van der Waals surface area contributed by atoms with Gasteiger partial charge in [-0.1, -0.05) is 43.2 Å². The lowest BCUT2D eigenvalue weighted by Crippen LogP contribution is -2.33. The molecule has 1 rings (SSSR count). The van der Waals surface area contributed by atoms with Gasteiger partial charge in [0.1, 0.15) is 0 Å². The summed E-state index contributed by atoms with van der Waals surface area (Å²) in [5.41, 5.74) is 6.32. The van der Waals surface area contributed by atoms with E-state index in [1.807, 2.05) is 37.3 Å². The Morgan fingerprint density at radius 2 is 1.86 bits per heavy atom. The van der Waals surface area contributed by atoms with E-state index in [0.717, 1.165) is 37.8 Å². The average molecular weight is 292 g/mol. The maximum atomic E-state index is 11.8. The zero-order valence-electron chi connectivity index (χ0n) is 12.9. The van der Waals surface area contributed by atoms with Gasteiger partial charge in [-0.2, -0.15) is 0 Å². The van der Waals surface area contributed by atoms with Crippen molar-refractivity contribution < 1.29 is 9.90 Å². The maximum Gasteiger partial charge on any atom is 0.220 e. The van der Waals surface area contributed by atoms with Crippen LogP contribution < -0.4 is 11.1 Å².